The molecule has 1 heterocycles. The monoisotopic (exact) mass is 231 g/mol. The molecule has 1 aromatic carbocycles. The maximum absolute atomic E-state index is 6.06. The number of furan rings is 1. The van der Waals surface area contributed by atoms with E-state index in [-0.39, 0.29) is 6.04 Å². The second kappa shape index (κ2) is 4.53. The Morgan fingerprint density at radius 2 is 1.88 bits per heavy atom. The lowest BCUT2D eigenvalue weighted by atomic mass is 10.0. The first-order valence-corrected chi connectivity index (χ1v) is 6.28. The third-order valence-electron chi connectivity index (χ3n) is 3.57. The summed E-state index contributed by atoms with van der Waals surface area (Å²) in [6.45, 7) is 11.6. The van der Waals surface area contributed by atoms with Crippen molar-refractivity contribution in [3.05, 3.63) is 34.6 Å². The van der Waals surface area contributed by atoms with Crippen LogP contribution in [0.15, 0.2) is 16.5 Å². The molecule has 92 valence electrons. The van der Waals surface area contributed by atoms with Gasteiger partial charge in [0.25, 0.3) is 0 Å². The smallest absolute Gasteiger partial charge is 0.137 e. The van der Waals surface area contributed by atoms with E-state index < -0.39 is 0 Å². The summed E-state index contributed by atoms with van der Waals surface area (Å²) in [5.41, 5.74) is 4.84. The van der Waals surface area contributed by atoms with Crippen molar-refractivity contribution in [2.75, 3.05) is 6.54 Å². The molecule has 0 aliphatic rings. The molecule has 0 saturated heterocycles. The standard InChI is InChI=1S/C15H21NO/c1-6-16-12(5)14-11(4)13-8-7-9(2)10(3)15(13)17-14/h7-8,12,16H,6H2,1-5H3. The molecular formula is C15H21NO. The summed E-state index contributed by atoms with van der Waals surface area (Å²) in [5, 5.41) is 4.65. The molecule has 17 heavy (non-hydrogen) atoms. The van der Waals surface area contributed by atoms with Crippen molar-refractivity contribution in [2.24, 2.45) is 0 Å². The van der Waals surface area contributed by atoms with E-state index in [1.165, 1.54) is 22.1 Å². The van der Waals surface area contributed by atoms with Gasteiger partial charge in [-0.2, -0.15) is 0 Å². The van der Waals surface area contributed by atoms with E-state index >= 15 is 0 Å². The molecule has 0 aliphatic carbocycles. The van der Waals surface area contributed by atoms with Crippen LogP contribution in [0.2, 0.25) is 0 Å². The van der Waals surface area contributed by atoms with Crippen molar-refractivity contribution < 1.29 is 4.42 Å². The van der Waals surface area contributed by atoms with Crippen LogP contribution in [0, 0.1) is 20.8 Å². The van der Waals surface area contributed by atoms with Crippen LogP contribution in [0.5, 0.6) is 0 Å². The van der Waals surface area contributed by atoms with E-state index in [2.05, 4.69) is 52.1 Å². The fraction of sp³-hybridized carbons (Fsp3) is 0.467. The van der Waals surface area contributed by atoms with E-state index in [0.29, 0.717) is 0 Å². The van der Waals surface area contributed by atoms with E-state index in [4.69, 9.17) is 4.42 Å². The minimum absolute atomic E-state index is 0.270. The van der Waals surface area contributed by atoms with Gasteiger partial charge in [0.15, 0.2) is 0 Å². The molecule has 2 rings (SSSR count). The number of nitrogens with one attached hydrogen (secondary N) is 1. The third-order valence-corrected chi connectivity index (χ3v) is 3.57. The van der Waals surface area contributed by atoms with Gasteiger partial charge in [0.05, 0.1) is 6.04 Å². The molecule has 0 bridgehead atoms. The average molecular weight is 231 g/mol. The minimum Gasteiger partial charge on any atom is -0.459 e. The first kappa shape index (κ1) is 12.2. The minimum atomic E-state index is 0.270. The maximum Gasteiger partial charge on any atom is 0.137 e. The molecule has 0 aliphatic heterocycles. The molecule has 2 nitrogen and oxygen atoms in total. The molecular weight excluding hydrogens is 210 g/mol. The molecule has 2 heteroatoms. The largest absolute Gasteiger partial charge is 0.459 e. The highest BCUT2D eigenvalue weighted by atomic mass is 16.3. The second-order valence-corrected chi connectivity index (χ2v) is 4.75. The number of hydrogen-bond acceptors (Lipinski definition) is 2. The van der Waals surface area contributed by atoms with Crippen LogP contribution in [-0.4, -0.2) is 6.54 Å². The Morgan fingerprint density at radius 3 is 2.53 bits per heavy atom. The van der Waals surface area contributed by atoms with E-state index in [0.717, 1.165) is 17.9 Å². The zero-order valence-corrected chi connectivity index (χ0v) is 11.3. The highest BCUT2D eigenvalue weighted by Gasteiger charge is 2.17. The van der Waals surface area contributed by atoms with Gasteiger partial charge < -0.3 is 9.73 Å². The lowest BCUT2D eigenvalue weighted by Crippen LogP contribution is -2.17. The van der Waals surface area contributed by atoms with Gasteiger partial charge in [0.2, 0.25) is 0 Å². The Balaban J connectivity index is 2.60. The summed E-state index contributed by atoms with van der Waals surface area (Å²) in [6, 6.07) is 4.60. The Morgan fingerprint density at radius 1 is 1.18 bits per heavy atom. The van der Waals surface area contributed by atoms with Crippen LogP contribution in [0.4, 0.5) is 0 Å². The number of benzene rings is 1. The van der Waals surface area contributed by atoms with Crippen molar-refractivity contribution in [2.45, 2.75) is 40.7 Å². The molecule has 1 aromatic heterocycles. The fourth-order valence-corrected chi connectivity index (χ4v) is 2.35. The van der Waals surface area contributed by atoms with Gasteiger partial charge in [-0.1, -0.05) is 19.1 Å². The van der Waals surface area contributed by atoms with Gasteiger partial charge in [-0.25, -0.2) is 0 Å². The zero-order valence-electron chi connectivity index (χ0n) is 11.3. The summed E-state index contributed by atoms with van der Waals surface area (Å²) in [7, 11) is 0. The van der Waals surface area contributed by atoms with Crippen LogP contribution < -0.4 is 5.32 Å². The summed E-state index contributed by atoms with van der Waals surface area (Å²) >= 11 is 0. The second-order valence-electron chi connectivity index (χ2n) is 4.75. The van der Waals surface area contributed by atoms with Crippen LogP contribution >= 0.6 is 0 Å². The van der Waals surface area contributed by atoms with Gasteiger partial charge >= 0.3 is 0 Å². The average Bonchev–Trinajstić information content (AvgIpc) is 2.63. The van der Waals surface area contributed by atoms with Gasteiger partial charge in [-0.3, -0.25) is 0 Å². The number of rotatable bonds is 3. The Labute approximate surface area is 103 Å². The summed E-state index contributed by atoms with van der Waals surface area (Å²) in [6.07, 6.45) is 0. The van der Waals surface area contributed by atoms with Gasteiger partial charge in [-0.05, 0) is 50.9 Å². The third kappa shape index (κ3) is 1.98. The Hall–Kier alpha value is -1.28. The molecule has 0 amide bonds. The van der Waals surface area contributed by atoms with E-state index in [9.17, 15) is 0 Å². The molecule has 1 unspecified atom stereocenters. The van der Waals surface area contributed by atoms with Gasteiger partial charge in [0, 0.05) is 5.39 Å². The van der Waals surface area contributed by atoms with Crippen molar-refractivity contribution >= 4 is 11.0 Å². The summed E-state index contributed by atoms with van der Waals surface area (Å²) in [4.78, 5) is 0. The Bertz CT molecular complexity index is 539. The molecule has 1 N–H and O–H groups in total. The normalized spacial score (nSPS) is 13.2. The number of aryl methyl sites for hydroxylation is 3. The lowest BCUT2D eigenvalue weighted by molar-refractivity contribution is 0.455. The highest BCUT2D eigenvalue weighted by molar-refractivity contribution is 5.85. The van der Waals surface area contributed by atoms with Crippen molar-refractivity contribution in [3.63, 3.8) is 0 Å². The van der Waals surface area contributed by atoms with Gasteiger partial charge in [0.1, 0.15) is 11.3 Å². The lowest BCUT2D eigenvalue weighted by Gasteiger charge is -2.09. The van der Waals surface area contributed by atoms with Crippen LogP contribution in [-0.2, 0) is 0 Å². The predicted molar refractivity (Wildman–Crippen MR) is 72.5 cm³/mol. The summed E-state index contributed by atoms with van der Waals surface area (Å²) in [5.74, 6) is 1.07. The first-order valence-electron chi connectivity index (χ1n) is 6.28. The van der Waals surface area contributed by atoms with Crippen LogP contribution in [0.25, 0.3) is 11.0 Å². The SMILES string of the molecule is CCNC(C)c1oc2c(C)c(C)ccc2c1C. The van der Waals surface area contributed by atoms with Crippen LogP contribution in [0.3, 0.4) is 0 Å². The van der Waals surface area contributed by atoms with E-state index in [1.807, 2.05) is 0 Å². The number of fused-ring (bicyclic) bond motifs is 1. The van der Waals surface area contributed by atoms with Crippen molar-refractivity contribution in [1.29, 1.82) is 0 Å². The number of hydrogen-bond donors (Lipinski definition) is 1. The molecule has 0 saturated carbocycles. The molecule has 0 fully saturated rings. The molecule has 1 atom stereocenters. The van der Waals surface area contributed by atoms with Crippen molar-refractivity contribution in [3.8, 4) is 0 Å². The van der Waals surface area contributed by atoms with Gasteiger partial charge in [-0.15, -0.1) is 0 Å². The quantitative estimate of drug-likeness (QED) is 0.862. The highest BCUT2D eigenvalue weighted by Crippen LogP contribution is 2.32. The summed E-state index contributed by atoms with van der Waals surface area (Å²) < 4.78 is 6.06. The van der Waals surface area contributed by atoms with E-state index in [1.54, 1.807) is 0 Å². The fourth-order valence-electron chi connectivity index (χ4n) is 2.35. The predicted octanol–water partition coefficient (Wildman–Crippen LogP) is 4.03. The molecule has 0 spiro atoms. The first-order chi connectivity index (χ1) is 8.06. The van der Waals surface area contributed by atoms with Crippen LogP contribution in [0.1, 0.15) is 42.3 Å². The topological polar surface area (TPSA) is 25.2 Å². The maximum atomic E-state index is 6.06. The van der Waals surface area contributed by atoms with Crippen molar-refractivity contribution in [1.82, 2.24) is 5.32 Å². The molecule has 0 radical (unpaired) electrons. The Kier molecular flexibility index (Phi) is 3.25. The zero-order chi connectivity index (χ0) is 12.6. The molecule has 2 aromatic rings.